The number of halogens is 1. The highest BCUT2D eigenvalue weighted by molar-refractivity contribution is 6.33. The fourth-order valence-electron chi connectivity index (χ4n) is 2.99. The van der Waals surface area contributed by atoms with E-state index in [1.807, 2.05) is 24.3 Å². The highest BCUT2D eigenvalue weighted by Crippen LogP contribution is 2.21. The lowest BCUT2D eigenvalue weighted by atomic mass is 10.1. The molecule has 0 saturated heterocycles. The molecule has 0 heterocycles. The van der Waals surface area contributed by atoms with Crippen LogP contribution in [0.5, 0.6) is 5.75 Å². The Labute approximate surface area is 184 Å². The Hall–Kier alpha value is -2.53. The molecule has 2 aromatic rings. The van der Waals surface area contributed by atoms with E-state index in [1.54, 1.807) is 18.2 Å². The number of rotatable bonds is 13. The van der Waals surface area contributed by atoms with E-state index in [2.05, 4.69) is 17.5 Å². The standard InChI is InChI=1S/C24H32ClN3O2/c1-2-3-4-5-6-7-8-15-30-22-14-11-20(23(25)17-22)18-27-28-24(29)16-19-9-12-21(26)13-10-19/h9-14,17-18H,2-8,15-16,26H2,1H3,(H,28,29)/b27-18-. The van der Waals surface area contributed by atoms with Crippen LogP contribution >= 0.6 is 11.6 Å². The molecular weight excluding hydrogens is 398 g/mol. The first-order valence-electron chi connectivity index (χ1n) is 10.7. The molecule has 2 rings (SSSR count). The number of carbonyl (C=O) groups excluding carboxylic acids is 1. The van der Waals surface area contributed by atoms with Crippen molar-refractivity contribution in [1.29, 1.82) is 0 Å². The maximum absolute atomic E-state index is 12.0. The minimum Gasteiger partial charge on any atom is -0.494 e. The minimum atomic E-state index is -0.207. The van der Waals surface area contributed by atoms with Crippen LogP contribution in [0.4, 0.5) is 5.69 Å². The number of anilines is 1. The molecule has 0 saturated carbocycles. The Kier molecular flexibility index (Phi) is 10.8. The molecule has 162 valence electrons. The van der Waals surface area contributed by atoms with E-state index >= 15 is 0 Å². The fourth-order valence-corrected chi connectivity index (χ4v) is 3.21. The summed E-state index contributed by atoms with van der Waals surface area (Å²) in [6.45, 7) is 2.92. The van der Waals surface area contributed by atoms with Crippen LogP contribution in [0, 0.1) is 0 Å². The number of hydrogen-bond donors (Lipinski definition) is 2. The number of carbonyl (C=O) groups is 1. The van der Waals surface area contributed by atoms with Crippen LogP contribution < -0.4 is 15.9 Å². The third kappa shape index (κ3) is 9.31. The van der Waals surface area contributed by atoms with Crippen molar-refractivity contribution < 1.29 is 9.53 Å². The van der Waals surface area contributed by atoms with E-state index in [1.165, 1.54) is 44.7 Å². The van der Waals surface area contributed by atoms with E-state index in [4.69, 9.17) is 22.1 Å². The van der Waals surface area contributed by atoms with Crippen LogP contribution in [0.3, 0.4) is 0 Å². The molecular formula is C24H32ClN3O2. The number of benzene rings is 2. The Balaban J connectivity index is 1.70. The summed E-state index contributed by atoms with van der Waals surface area (Å²) < 4.78 is 5.78. The van der Waals surface area contributed by atoms with Crippen LogP contribution in [0.1, 0.15) is 63.0 Å². The number of nitrogens with zero attached hydrogens (tertiary/aromatic N) is 1. The molecule has 30 heavy (non-hydrogen) atoms. The van der Waals surface area contributed by atoms with Crippen molar-refractivity contribution >= 4 is 29.4 Å². The maximum atomic E-state index is 12.0. The molecule has 0 atom stereocenters. The van der Waals surface area contributed by atoms with E-state index in [0.29, 0.717) is 22.9 Å². The molecule has 0 spiro atoms. The SMILES string of the molecule is CCCCCCCCCOc1ccc(/C=N\NC(=O)Cc2ccc(N)cc2)c(Cl)c1. The smallest absolute Gasteiger partial charge is 0.244 e. The van der Waals surface area contributed by atoms with Gasteiger partial charge < -0.3 is 10.5 Å². The number of nitrogens with two attached hydrogens (primary N) is 1. The summed E-state index contributed by atoms with van der Waals surface area (Å²) in [4.78, 5) is 12.0. The fraction of sp³-hybridized carbons (Fsp3) is 0.417. The largest absolute Gasteiger partial charge is 0.494 e. The number of hydrogen-bond acceptors (Lipinski definition) is 4. The lowest BCUT2D eigenvalue weighted by Crippen LogP contribution is -2.19. The predicted molar refractivity (Wildman–Crippen MR) is 125 cm³/mol. The monoisotopic (exact) mass is 429 g/mol. The molecule has 5 nitrogen and oxygen atoms in total. The summed E-state index contributed by atoms with van der Waals surface area (Å²) in [5.74, 6) is 0.539. The quantitative estimate of drug-likeness (QED) is 0.184. The van der Waals surface area contributed by atoms with Crippen LogP contribution in [-0.4, -0.2) is 18.7 Å². The zero-order valence-electron chi connectivity index (χ0n) is 17.7. The molecule has 0 aromatic heterocycles. The third-order valence-corrected chi connectivity index (χ3v) is 5.05. The van der Waals surface area contributed by atoms with Gasteiger partial charge in [-0.05, 0) is 42.3 Å². The summed E-state index contributed by atoms with van der Waals surface area (Å²) in [7, 11) is 0. The number of unbranched alkanes of at least 4 members (excludes halogenated alkanes) is 6. The molecule has 6 heteroatoms. The molecule has 2 aromatic carbocycles. The van der Waals surface area contributed by atoms with E-state index in [0.717, 1.165) is 17.7 Å². The van der Waals surface area contributed by atoms with Gasteiger partial charge in [0.2, 0.25) is 5.91 Å². The number of nitrogens with one attached hydrogen (secondary N) is 1. The Morgan fingerprint density at radius 2 is 1.77 bits per heavy atom. The van der Waals surface area contributed by atoms with Crippen molar-refractivity contribution in [3.05, 3.63) is 58.6 Å². The van der Waals surface area contributed by atoms with E-state index < -0.39 is 0 Å². The van der Waals surface area contributed by atoms with E-state index in [-0.39, 0.29) is 12.3 Å². The lowest BCUT2D eigenvalue weighted by molar-refractivity contribution is -0.120. The Morgan fingerprint density at radius 3 is 2.47 bits per heavy atom. The summed E-state index contributed by atoms with van der Waals surface area (Å²) in [6.07, 6.45) is 10.5. The van der Waals surface area contributed by atoms with Crippen molar-refractivity contribution in [2.24, 2.45) is 5.10 Å². The van der Waals surface area contributed by atoms with Gasteiger partial charge in [-0.25, -0.2) is 5.43 Å². The van der Waals surface area contributed by atoms with Gasteiger partial charge in [-0.2, -0.15) is 5.10 Å². The number of nitrogen functional groups attached to an aromatic ring is 1. The Bertz CT molecular complexity index is 807. The second kappa shape index (κ2) is 13.6. The van der Waals surface area contributed by atoms with Gasteiger partial charge in [0.25, 0.3) is 0 Å². The number of hydrazone groups is 1. The lowest BCUT2D eigenvalue weighted by Gasteiger charge is -2.08. The number of amides is 1. The van der Waals surface area contributed by atoms with Gasteiger partial charge in [-0.3, -0.25) is 4.79 Å². The second-order valence-electron chi connectivity index (χ2n) is 7.36. The van der Waals surface area contributed by atoms with Crippen molar-refractivity contribution in [3.63, 3.8) is 0 Å². The molecule has 0 unspecified atom stereocenters. The average molecular weight is 430 g/mol. The molecule has 0 aliphatic carbocycles. The minimum absolute atomic E-state index is 0.207. The molecule has 0 fully saturated rings. The highest BCUT2D eigenvalue weighted by atomic mass is 35.5. The molecule has 0 bridgehead atoms. The van der Waals surface area contributed by atoms with Crippen molar-refractivity contribution in [3.8, 4) is 5.75 Å². The first kappa shape index (κ1) is 23.7. The summed E-state index contributed by atoms with van der Waals surface area (Å²) in [5.41, 5.74) is 10.4. The summed E-state index contributed by atoms with van der Waals surface area (Å²) >= 11 is 6.30. The van der Waals surface area contributed by atoms with Gasteiger partial charge in [0, 0.05) is 11.3 Å². The highest BCUT2D eigenvalue weighted by Gasteiger charge is 2.04. The first-order chi connectivity index (χ1) is 14.6. The zero-order chi connectivity index (χ0) is 21.6. The second-order valence-corrected chi connectivity index (χ2v) is 7.77. The summed E-state index contributed by atoms with van der Waals surface area (Å²) in [6, 6.07) is 12.6. The zero-order valence-corrected chi connectivity index (χ0v) is 18.5. The topological polar surface area (TPSA) is 76.7 Å². The summed E-state index contributed by atoms with van der Waals surface area (Å²) in [5, 5.41) is 4.52. The van der Waals surface area contributed by atoms with Crippen molar-refractivity contribution in [2.75, 3.05) is 12.3 Å². The van der Waals surface area contributed by atoms with Crippen LogP contribution in [0.2, 0.25) is 5.02 Å². The van der Waals surface area contributed by atoms with Gasteiger partial charge in [0.05, 0.1) is 24.3 Å². The normalized spacial score (nSPS) is 11.0. The van der Waals surface area contributed by atoms with Crippen LogP contribution in [-0.2, 0) is 11.2 Å². The third-order valence-electron chi connectivity index (χ3n) is 4.73. The average Bonchev–Trinajstić information content (AvgIpc) is 2.73. The van der Waals surface area contributed by atoms with E-state index in [9.17, 15) is 4.79 Å². The van der Waals surface area contributed by atoms with Crippen LogP contribution in [0.15, 0.2) is 47.6 Å². The molecule has 1 amide bonds. The predicted octanol–water partition coefficient (Wildman–Crippen LogP) is 5.74. The van der Waals surface area contributed by atoms with Gasteiger partial charge in [-0.15, -0.1) is 0 Å². The van der Waals surface area contributed by atoms with Gasteiger partial charge in [-0.1, -0.05) is 69.2 Å². The van der Waals surface area contributed by atoms with Gasteiger partial charge >= 0.3 is 0 Å². The van der Waals surface area contributed by atoms with Crippen molar-refractivity contribution in [1.82, 2.24) is 5.43 Å². The Morgan fingerprint density at radius 1 is 1.07 bits per heavy atom. The van der Waals surface area contributed by atoms with Crippen LogP contribution in [0.25, 0.3) is 0 Å². The molecule has 0 aliphatic rings. The van der Waals surface area contributed by atoms with Gasteiger partial charge in [0.1, 0.15) is 5.75 Å². The first-order valence-corrected chi connectivity index (χ1v) is 11.0. The molecule has 0 radical (unpaired) electrons. The molecule has 3 N–H and O–H groups in total. The number of ether oxygens (including phenoxy) is 1. The van der Waals surface area contributed by atoms with Crippen molar-refractivity contribution in [2.45, 2.75) is 58.3 Å². The van der Waals surface area contributed by atoms with Gasteiger partial charge in [0.15, 0.2) is 0 Å². The maximum Gasteiger partial charge on any atom is 0.244 e. The molecule has 0 aliphatic heterocycles.